The van der Waals surface area contributed by atoms with Gasteiger partial charge in [0, 0.05) is 29.3 Å². The van der Waals surface area contributed by atoms with Crippen LogP contribution in [0.3, 0.4) is 0 Å². The van der Waals surface area contributed by atoms with Crippen LogP contribution >= 0.6 is 12.2 Å². The second-order valence-corrected chi connectivity index (χ2v) is 9.35. The van der Waals surface area contributed by atoms with E-state index in [2.05, 4.69) is 45.7 Å². The Morgan fingerprint density at radius 2 is 1.78 bits per heavy atom. The Labute approximate surface area is 194 Å². The first-order valence-electron chi connectivity index (χ1n) is 11.5. The maximum Gasteiger partial charge on any atom is 0.170 e. The van der Waals surface area contributed by atoms with Gasteiger partial charge in [0.05, 0.1) is 17.8 Å². The Balaban J connectivity index is 1.62. The highest BCUT2D eigenvalue weighted by molar-refractivity contribution is 7.80. The van der Waals surface area contributed by atoms with Gasteiger partial charge in [0.25, 0.3) is 0 Å². The van der Waals surface area contributed by atoms with Crippen molar-refractivity contribution < 1.29 is 4.39 Å². The van der Waals surface area contributed by atoms with Crippen molar-refractivity contribution in [2.24, 2.45) is 0 Å². The van der Waals surface area contributed by atoms with Crippen molar-refractivity contribution in [2.75, 3.05) is 0 Å². The van der Waals surface area contributed by atoms with Crippen LogP contribution in [0.25, 0.3) is 5.69 Å². The van der Waals surface area contributed by atoms with Crippen LogP contribution in [-0.2, 0) is 0 Å². The van der Waals surface area contributed by atoms with Gasteiger partial charge in [-0.25, -0.2) is 4.39 Å². The second kappa shape index (κ2) is 8.66. The van der Waals surface area contributed by atoms with Crippen molar-refractivity contribution >= 4 is 17.3 Å². The molecule has 0 unspecified atom stereocenters. The molecule has 2 aliphatic rings. The van der Waals surface area contributed by atoms with Gasteiger partial charge in [-0.2, -0.15) is 0 Å². The monoisotopic (exact) mass is 448 g/mol. The molecule has 2 atom stereocenters. The Morgan fingerprint density at radius 1 is 1.03 bits per heavy atom. The average molecular weight is 449 g/mol. The van der Waals surface area contributed by atoms with Crippen molar-refractivity contribution in [1.82, 2.24) is 19.8 Å². The number of rotatable bonds is 4. The summed E-state index contributed by atoms with van der Waals surface area (Å²) < 4.78 is 15.8. The van der Waals surface area contributed by atoms with E-state index in [0.29, 0.717) is 6.04 Å². The summed E-state index contributed by atoms with van der Waals surface area (Å²) in [4.78, 5) is 7.13. The molecule has 2 aromatic heterocycles. The molecule has 1 aliphatic carbocycles. The minimum Gasteiger partial charge on any atom is -0.352 e. The molecule has 0 spiro atoms. The molecule has 1 saturated carbocycles. The molecule has 4 nitrogen and oxygen atoms in total. The number of nitrogens with one attached hydrogen (secondary N) is 1. The first-order chi connectivity index (χ1) is 15.5. The van der Waals surface area contributed by atoms with E-state index >= 15 is 0 Å². The fraction of sp³-hybridized carbons (Fsp3) is 0.385. The number of thiocarbonyl (C=S) groups is 1. The molecule has 2 fully saturated rings. The SMILES string of the molecule is Cc1cc([C@@H]2[C@@H](c3ccccn3)NC(=S)N2C2CCCCC2)c(C)n1-c1ccc(F)cc1. The molecule has 5 rings (SSSR count). The molecule has 6 heteroatoms. The van der Waals surface area contributed by atoms with E-state index in [1.807, 2.05) is 30.5 Å². The number of pyridine rings is 1. The van der Waals surface area contributed by atoms with Crippen LogP contribution < -0.4 is 5.32 Å². The zero-order chi connectivity index (χ0) is 22.2. The minimum atomic E-state index is -0.222. The van der Waals surface area contributed by atoms with Crippen LogP contribution in [0.4, 0.5) is 4.39 Å². The number of aromatic nitrogens is 2. The predicted molar refractivity (Wildman–Crippen MR) is 129 cm³/mol. The fourth-order valence-corrected chi connectivity index (χ4v) is 5.91. The zero-order valence-corrected chi connectivity index (χ0v) is 19.4. The largest absolute Gasteiger partial charge is 0.352 e. The molecular weight excluding hydrogens is 419 g/mol. The van der Waals surface area contributed by atoms with Gasteiger partial charge >= 0.3 is 0 Å². The topological polar surface area (TPSA) is 33.1 Å². The highest BCUT2D eigenvalue weighted by Crippen LogP contribution is 2.44. The van der Waals surface area contributed by atoms with Crippen molar-refractivity contribution in [3.63, 3.8) is 0 Å². The van der Waals surface area contributed by atoms with Crippen LogP contribution in [-0.4, -0.2) is 25.6 Å². The summed E-state index contributed by atoms with van der Waals surface area (Å²) in [6.07, 6.45) is 7.99. The fourth-order valence-electron chi connectivity index (χ4n) is 5.53. The minimum absolute atomic E-state index is 0.00667. The zero-order valence-electron chi connectivity index (χ0n) is 18.6. The van der Waals surface area contributed by atoms with Crippen LogP contribution in [0.5, 0.6) is 0 Å². The lowest BCUT2D eigenvalue weighted by atomic mass is 9.90. The lowest BCUT2D eigenvalue weighted by Gasteiger charge is -2.37. The number of hydrogen-bond donors (Lipinski definition) is 1. The third kappa shape index (κ3) is 3.71. The Bertz CT molecular complexity index is 1100. The van der Waals surface area contributed by atoms with E-state index in [0.717, 1.165) is 27.9 Å². The number of halogens is 1. The normalized spacial score (nSPS) is 21.7. The quantitative estimate of drug-likeness (QED) is 0.501. The van der Waals surface area contributed by atoms with E-state index in [4.69, 9.17) is 12.2 Å². The summed E-state index contributed by atoms with van der Waals surface area (Å²) in [7, 11) is 0. The molecule has 166 valence electrons. The molecule has 1 saturated heterocycles. The van der Waals surface area contributed by atoms with Crippen LogP contribution in [0.1, 0.15) is 66.8 Å². The molecule has 3 heterocycles. The number of hydrogen-bond acceptors (Lipinski definition) is 2. The van der Waals surface area contributed by atoms with Gasteiger partial charge in [0.1, 0.15) is 5.82 Å². The summed E-state index contributed by atoms with van der Waals surface area (Å²) in [6.45, 7) is 4.27. The summed E-state index contributed by atoms with van der Waals surface area (Å²) >= 11 is 5.90. The molecule has 1 N–H and O–H groups in total. The highest BCUT2D eigenvalue weighted by Gasteiger charge is 2.44. The lowest BCUT2D eigenvalue weighted by molar-refractivity contribution is 0.197. The summed E-state index contributed by atoms with van der Waals surface area (Å²) in [6, 6.07) is 15.6. The van der Waals surface area contributed by atoms with Crippen molar-refractivity contribution in [2.45, 2.75) is 64.1 Å². The second-order valence-electron chi connectivity index (χ2n) is 8.96. The van der Waals surface area contributed by atoms with E-state index in [-0.39, 0.29) is 17.9 Å². The standard InChI is InChI=1S/C26H29FN4S/c1-17-16-22(18(2)30(17)21-13-11-19(27)12-14-21)25-24(23-10-6-7-15-28-23)29-26(32)31(25)20-8-4-3-5-9-20/h6-7,10-16,20,24-25H,3-5,8-9H2,1-2H3,(H,29,32)/t24-,25-/m1/s1. The Morgan fingerprint density at radius 3 is 2.47 bits per heavy atom. The number of benzene rings is 1. The smallest absolute Gasteiger partial charge is 0.170 e. The van der Waals surface area contributed by atoms with Gasteiger partial charge in [-0.15, -0.1) is 0 Å². The van der Waals surface area contributed by atoms with Gasteiger partial charge in [-0.05, 0) is 86.9 Å². The summed E-state index contributed by atoms with van der Waals surface area (Å²) in [5.41, 5.74) is 5.52. The lowest BCUT2D eigenvalue weighted by Crippen LogP contribution is -2.40. The van der Waals surface area contributed by atoms with Gasteiger partial charge in [0.15, 0.2) is 5.11 Å². The van der Waals surface area contributed by atoms with Gasteiger partial charge in [0.2, 0.25) is 0 Å². The van der Waals surface area contributed by atoms with Crippen molar-refractivity contribution in [3.8, 4) is 5.69 Å². The van der Waals surface area contributed by atoms with Crippen LogP contribution in [0.2, 0.25) is 0 Å². The molecule has 1 aromatic carbocycles. The third-order valence-corrected chi connectivity index (χ3v) is 7.31. The van der Waals surface area contributed by atoms with Crippen molar-refractivity contribution in [3.05, 3.63) is 83.2 Å². The van der Waals surface area contributed by atoms with E-state index in [1.54, 1.807) is 0 Å². The Kier molecular flexibility index (Phi) is 5.72. The highest BCUT2D eigenvalue weighted by atomic mass is 32.1. The molecule has 32 heavy (non-hydrogen) atoms. The van der Waals surface area contributed by atoms with Crippen molar-refractivity contribution in [1.29, 1.82) is 0 Å². The number of nitrogens with zero attached hydrogens (tertiary/aromatic N) is 3. The Hall–Kier alpha value is -2.73. The first kappa shape index (κ1) is 21.1. The first-order valence-corrected chi connectivity index (χ1v) is 11.9. The van der Waals surface area contributed by atoms with Gasteiger partial charge in [-0.3, -0.25) is 4.98 Å². The van der Waals surface area contributed by atoms with E-state index in [1.165, 1.54) is 49.8 Å². The third-order valence-electron chi connectivity index (χ3n) is 6.98. The predicted octanol–water partition coefficient (Wildman–Crippen LogP) is 5.93. The molecular formula is C26H29FN4S. The maximum absolute atomic E-state index is 13.5. The van der Waals surface area contributed by atoms with E-state index < -0.39 is 0 Å². The van der Waals surface area contributed by atoms with Crippen LogP contribution in [0, 0.1) is 19.7 Å². The molecule has 0 amide bonds. The molecule has 3 aromatic rings. The molecule has 0 radical (unpaired) electrons. The van der Waals surface area contributed by atoms with Gasteiger partial charge < -0.3 is 14.8 Å². The van der Waals surface area contributed by atoms with Gasteiger partial charge in [-0.1, -0.05) is 25.3 Å². The average Bonchev–Trinajstić information content (AvgIpc) is 3.31. The maximum atomic E-state index is 13.5. The molecule has 1 aliphatic heterocycles. The number of aryl methyl sites for hydroxylation is 1. The molecule has 0 bridgehead atoms. The van der Waals surface area contributed by atoms with E-state index in [9.17, 15) is 4.39 Å². The van der Waals surface area contributed by atoms with Crippen LogP contribution in [0.15, 0.2) is 54.7 Å². The summed E-state index contributed by atoms with van der Waals surface area (Å²) in [5.74, 6) is -0.222. The summed E-state index contributed by atoms with van der Waals surface area (Å²) in [5, 5.41) is 4.43.